The van der Waals surface area contributed by atoms with Crippen LogP contribution in [0.2, 0.25) is 0 Å². The number of hydrogen-bond donors (Lipinski definition) is 2. The zero-order valence-corrected chi connectivity index (χ0v) is 20.4. The van der Waals surface area contributed by atoms with E-state index in [9.17, 15) is 18.0 Å². The van der Waals surface area contributed by atoms with Gasteiger partial charge >= 0.3 is 6.03 Å². The van der Waals surface area contributed by atoms with E-state index in [2.05, 4.69) is 22.2 Å². The van der Waals surface area contributed by atoms with Crippen molar-refractivity contribution in [2.75, 3.05) is 31.5 Å². The van der Waals surface area contributed by atoms with Gasteiger partial charge in [0.2, 0.25) is 0 Å². The standard InChI is InChI=1S/C25H27N5O5S/c1-2-23(29-12-14-30(15-13-29)24(31)22-6-4-16-35-22)36(33,34)21-9-7-20(8-10-21)28-25(32)27-18-19-5-3-11-26-17-19/h2-11,16-17,23H,1,12-15,18H2,(H2,27,28,32). The normalized spacial score (nSPS) is 15.2. The van der Waals surface area contributed by atoms with Crippen LogP contribution in [-0.2, 0) is 16.4 Å². The summed E-state index contributed by atoms with van der Waals surface area (Å²) in [6, 6.07) is 12.5. The topological polar surface area (TPSA) is 125 Å². The number of carbonyl (C=O) groups is 2. The van der Waals surface area contributed by atoms with Crippen molar-refractivity contribution in [1.29, 1.82) is 0 Å². The van der Waals surface area contributed by atoms with E-state index < -0.39 is 21.2 Å². The molecule has 10 nitrogen and oxygen atoms in total. The molecule has 1 aromatic carbocycles. The van der Waals surface area contributed by atoms with E-state index in [1.54, 1.807) is 40.4 Å². The lowest BCUT2D eigenvalue weighted by Gasteiger charge is -2.37. The van der Waals surface area contributed by atoms with Crippen molar-refractivity contribution in [3.05, 3.63) is 91.2 Å². The van der Waals surface area contributed by atoms with Crippen molar-refractivity contribution < 1.29 is 22.4 Å². The maximum Gasteiger partial charge on any atom is 0.319 e. The van der Waals surface area contributed by atoms with Crippen LogP contribution < -0.4 is 10.6 Å². The fourth-order valence-electron chi connectivity index (χ4n) is 3.94. The lowest BCUT2D eigenvalue weighted by Crippen LogP contribution is -2.53. The van der Waals surface area contributed by atoms with E-state index >= 15 is 0 Å². The van der Waals surface area contributed by atoms with Crippen LogP contribution in [0, 0.1) is 0 Å². The monoisotopic (exact) mass is 509 g/mol. The van der Waals surface area contributed by atoms with Gasteiger partial charge in [0.1, 0.15) is 5.37 Å². The Morgan fingerprint density at radius 2 is 1.83 bits per heavy atom. The Kier molecular flexibility index (Phi) is 7.81. The zero-order chi connectivity index (χ0) is 25.5. The number of pyridine rings is 1. The third kappa shape index (κ3) is 5.81. The second-order valence-corrected chi connectivity index (χ2v) is 10.2. The summed E-state index contributed by atoms with van der Waals surface area (Å²) in [5.74, 6) is 0.0426. The van der Waals surface area contributed by atoms with Crippen LogP contribution in [0.25, 0.3) is 0 Å². The predicted octanol–water partition coefficient (Wildman–Crippen LogP) is 2.74. The van der Waals surface area contributed by atoms with Crippen LogP contribution in [0.3, 0.4) is 0 Å². The number of nitrogens with zero attached hydrogens (tertiary/aromatic N) is 3. The van der Waals surface area contributed by atoms with Crippen LogP contribution in [0.4, 0.5) is 10.5 Å². The van der Waals surface area contributed by atoms with Gasteiger partial charge in [0.25, 0.3) is 5.91 Å². The summed E-state index contributed by atoms with van der Waals surface area (Å²) in [7, 11) is -3.77. The Bertz CT molecular complexity index is 1290. The molecule has 188 valence electrons. The Morgan fingerprint density at radius 3 is 2.44 bits per heavy atom. The van der Waals surface area contributed by atoms with Gasteiger partial charge in [-0.25, -0.2) is 13.2 Å². The van der Waals surface area contributed by atoms with Crippen LogP contribution in [0.1, 0.15) is 16.1 Å². The van der Waals surface area contributed by atoms with Gasteiger partial charge in [-0.3, -0.25) is 14.7 Å². The molecule has 4 rings (SSSR count). The van der Waals surface area contributed by atoms with Crippen molar-refractivity contribution in [2.24, 2.45) is 0 Å². The van der Waals surface area contributed by atoms with Crippen molar-refractivity contribution >= 4 is 27.5 Å². The number of nitrogens with one attached hydrogen (secondary N) is 2. The second-order valence-electron chi connectivity index (χ2n) is 8.17. The van der Waals surface area contributed by atoms with Crippen molar-refractivity contribution in [3.63, 3.8) is 0 Å². The highest BCUT2D eigenvalue weighted by Crippen LogP contribution is 2.23. The fraction of sp³-hybridized carbons (Fsp3) is 0.240. The maximum absolute atomic E-state index is 13.3. The molecule has 3 aromatic rings. The minimum absolute atomic E-state index is 0.114. The summed E-state index contributed by atoms with van der Waals surface area (Å²) in [5, 5.41) is 4.46. The van der Waals surface area contributed by atoms with Gasteiger partial charge in [0.15, 0.2) is 15.6 Å². The molecule has 0 radical (unpaired) electrons. The fourth-order valence-corrected chi connectivity index (χ4v) is 5.59. The quantitative estimate of drug-likeness (QED) is 0.447. The Balaban J connectivity index is 1.34. The molecule has 1 aliphatic heterocycles. The van der Waals surface area contributed by atoms with Crippen LogP contribution in [-0.4, -0.2) is 66.7 Å². The molecule has 1 saturated heterocycles. The molecule has 0 aliphatic carbocycles. The summed E-state index contributed by atoms with van der Waals surface area (Å²) in [6.45, 7) is 5.54. The van der Waals surface area contributed by atoms with Crippen LogP contribution in [0.5, 0.6) is 0 Å². The number of carbonyl (C=O) groups excluding carboxylic acids is 2. The van der Waals surface area contributed by atoms with Gasteiger partial charge in [0, 0.05) is 50.8 Å². The highest BCUT2D eigenvalue weighted by atomic mass is 32.2. The number of anilines is 1. The van der Waals surface area contributed by atoms with Gasteiger partial charge in [-0.15, -0.1) is 6.58 Å². The molecule has 0 spiro atoms. The number of sulfone groups is 1. The van der Waals surface area contributed by atoms with E-state index in [1.165, 1.54) is 36.6 Å². The van der Waals surface area contributed by atoms with Crippen molar-refractivity contribution in [2.45, 2.75) is 16.8 Å². The number of hydrogen-bond acceptors (Lipinski definition) is 7. The first-order valence-corrected chi connectivity index (χ1v) is 12.9. The van der Waals surface area contributed by atoms with Gasteiger partial charge < -0.3 is 20.0 Å². The lowest BCUT2D eigenvalue weighted by molar-refractivity contribution is 0.0606. The molecule has 2 aromatic heterocycles. The number of urea groups is 1. The third-order valence-corrected chi connectivity index (χ3v) is 7.89. The minimum Gasteiger partial charge on any atom is -0.459 e. The molecule has 1 unspecified atom stereocenters. The van der Waals surface area contributed by atoms with Crippen LogP contribution >= 0.6 is 0 Å². The van der Waals surface area contributed by atoms with E-state index in [4.69, 9.17) is 4.42 Å². The summed E-state index contributed by atoms with van der Waals surface area (Å²) >= 11 is 0. The highest BCUT2D eigenvalue weighted by molar-refractivity contribution is 7.92. The number of piperazine rings is 1. The number of amides is 3. The molecule has 3 amide bonds. The molecule has 0 saturated carbocycles. The summed E-state index contributed by atoms with van der Waals surface area (Å²) < 4.78 is 31.9. The maximum atomic E-state index is 13.3. The summed E-state index contributed by atoms with van der Waals surface area (Å²) in [6.07, 6.45) is 6.16. The molecule has 2 N–H and O–H groups in total. The Hall–Kier alpha value is -3.96. The van der Waals surface area contributed by atoms with Gasteiger partial charge in [-0.2, -0.15) is 0 Å². The Labute approximate surface area is 209 Å². The van der Waals surface area contributed by atoms with Crippen molar-refractivity contribution in [1.82, 2.24) is 20.1 Å². The smallest absolute Gasteiger partial charge is 0.319 e. The molecule has 36 heavy (non-hydrogen) atoms. The molecule has 0 bridgehead atoms. The second kappa shape index (κ2) is 11.2. The number of rotatable bonds is 8. The highest BCUT2D eigenvalue weighted by Gasteiger charge is 2.34. The Morgan fingerprint density at radius 1 is 1.08 bits per heavy atom. The lowest BCUT2D eigenvalue weighted by atomic mass is 10.3. The number of benzene rings is 1. The van der Waals surface area contributed by atoms with E-state index in [1.807, 2.05) is 6.07 Å². The summed E-state index contributed by atoms with van der Waals surface area (Å²) in [5.41, 5.74) is 1.31. The third-order valence-electron chi connectivity index (χ3n) is 5.83. The molecule has 3 heterocycles. The molecule has 1 atom stereocenters. The van der Waals surface area contributed by atoms with Gasteiger partial charge in [-0.05, 0) is 48.0 Å². The first-order valence-electron chi connectivity index (χ1n) is 11.4. The predicted molar refractivity (Wildman–Crippen MR) is 134 cm³/mol. The molecule has 1 fully saturated rings. The average Bonchev–Trinajstić information content (AvgIpc) is 3.44. The molecule has 11 heteroatoms. The van der Waals surface area contributed by atoms with Crippen LogP contribution in [0.15, 0.2) is 89.2 Å². The molecular weight excluding hydrogens is 482 g/mol. The molecular formula is C25H27N5O5S. The summed E-state index contributed by atoms with van der Waals surface area (Å²) in [4.78, 5) is 32.2. The van der Waals surface area contributed by atoms with Gasteiger partial charge in [0.05, 0.1) is 11.2 Å². The van der Waals surface area contributed by atoms with E-state index in [-0.39, 0.29) is 16.6 Å². The van der Waals surface area contributed by atoms with Gasteiger partial charge in [-0.1, -0.05) is 12.1 Å². The zero-order valence-electron chi connectivity index (χ0n) is 19.5. The van der Waals surface area contributed by atoms with Crippen molar-refractivity contribution in [3.8, 4) is 0 Å². The van der Waals surface area contributed by atoms with E-state index in [0.29, 0.717) is 38.4 Å². The first-order chi connectivity index (χ1) is 17.4. The SMILES string of the molecule is C=CC(N1CCN(C(=O)c2ccco2)CC1)S(=O)(=O)c1ccc(NC(=O)NCc2cccnc2)cc1. The minimum atomic E-state index is -3.77. The largest absolute Gasteiger partial charge is 0.459 e. The molecule has 1 aliphatic rings. The van der Waals surface area contributed by atoms with E-state index in [0.717, 1.165) is 5.56 Å². The number of furan rings is 1. The average molecular weight is 510 g/mol. The number of aromatic nitrogens is 1. The first kappa shape index (κ1) is 25.1.